The van der Waals surface area contributed by atoms with Crippen molar-refractivity contribution in [2.75, 3.05) is 0 Å². The Bertz CT molecular complexity index is 82.2. The highest BCUT2D eigenvalue weighted by Gasteiger charge is 2.44. The first-order valence-corrected chi connectivity index (χ1v) is 3.92. The molecule has 3 aliphatic carbocycles. The minimum atomic E-state index is 1.16. The fraction of sp³-hybridized carbons (Fsp3) is 1.00. The summed E-state index contributed by atoms with van der Waals surface area (Å²) in [6.07, 6.45) is 6.15. The zero-order valence-corrected chi connectivity index (χ0v) is 5.56. The Labute approximate surface area is 51.3 Å². The van der Waals surface area contributed by atoms with Crippen LogP contribution in [0.25, 0.3) is 0 Å². The summed E-state index contributed by atoms with van der Waals surface area (Å²) in [6, 6.07) is 0. The van der Waals surface area contributed by atoms with Crippen LogP contribution in [0.5, 0.6) is 0 Å². The lowest BCUT2D eigenvalue weighted by atomic mass is 9.71. The van der Waals surface area contributed by atoms with Gasteiger partial charge in [0.25, 0.3) is 0 Å². The van der Waals surface area contributed by atoms with Crippen molar-refractivity contribution in [1.29, 1.82) is 0 Å². The molecular weight excluding hydrogens is 96.1 g/mol. The molecule has 2 bridgehead atoms. The third kappa shape index (κ3) is 0.416. The molecule has 0 aliphatic heterocycles. The van der Waals surface area contributed by atoms with E-state index in [2.05, 4.69) is 6.92 Å². The molecule has 0 heteroatoms. The van der Waals surface area contributed by atoms with Gasteiger partial charge < -0.3 is 0 Å². The molecule has 46 valence electrons. The van der Waals surface area contributed by atoms with Gasteiger partial charge in [-0.15, -0.1) is 0 Å². The molecule has 3 aliphatic rings. The first-order chi connectivity index (χ1) is 3.92. The van der Waals surface area contributed by atoms with Gasteiger partial charge in [0.15, 0.2) is 0 Å². The normalized spacial score (nSPS) is 51.4. The molecule has 3 saturated carbocycles. The third-order valence-corrected chi connectivity index (χ3v) is 3.20. The lowest BCUT2D eigenvalue weighted by Gasteiger charge is -2.34. The molecule has 0 nitrogen and oxygen atoms in total. The van der Waals surface area contributed by atoms with E-state index < -0.39 is 0 Å². The van der Waals surface area contributed by atoms with Crippen molar-refractivity contribution in [3.8, 4) is 0 Å². The number of fused-ring (bicyclic) bond motifs is 1. The Hall–Kier alpha value is 0. The SMILES string of the molecule is CCC1C2CCC1C2. The Morgan fingerprint density at radius 3 is 2.12 bits per heavy atom. The van der Waals surface area contributed by atoms with Gasteiger partial charge in [0.1, 0.15) is 0 Å². The van der Waals surface area contributed by atoms with Gasteiger partial charge in [0.2, 0.25) is 0 Å². The van der Waals surface area contributed by atoms with E-state index in [1.807, 2.05) is 0 Å². The molecule has 0 spiro atoms. The predicted molar refractivity (Wildman–Crippen MR) is 34.6 cm³/mol. The average Bonchev–Trinajstić information content (AvgIpc) is 2.19. The van der Waals surface area contributed by atoms with E-state index in [1.54, 1.807) is 19.3 Å². The van der Waals surface area contributed by atoms with Crippen LogP contribution in [0.3, 0.4) is 0 Å². The van der Waals surface area contributed by atoms with E-state index in [-0.39, 0.29) is 0 Å². The second-order valence-corrected chi connectivity index (χ2v) is 3.41. The molecule has 0 aromatic carbocycles. The number of rotatable bonds is 1. The summed E-state index contributed by atoms with van der Waals surface area (Å²) in [6.45, 7) is 2.34. The molecule has 2 unspecified atom stereocenters. The van der Waals surface area contributed by atoms with Gasteiger partial charge in [-0.25, -0.2) is 0 Å². The fourth-order valence-corrected chi connectivity index (χ4v) is 2.69. The molecule has 3 rings (SSSR count). The summed E-state index contributed by atoms with van der Waals surface area (Å²) in [7, 11) is 0. The molecule has 0 saturated heterocycles. The van der Waals surface area contributed by atoms with Gasteiger partial charge in [-0.05, 0) is 37.0 Å². The Kier molecular flexibility index (Phi) is 0.902. The highest BCUT2D eigenvalue weighted by molar-refractivity contribution is 4.94. The quantitative estimate of drug-likeness (QED) is 0.486. The average molecular weight is 110 g/mol. The van der Waals surface area contributed by atoms with Crippen LogP contribution in [0.15, 0.2) is 0 Å². The number of hydrogen-bond donors (Lipinski definition) is 0. The molecule has 2 atom stereocenters. The maximum Gasteiger partial charge on any atom is -0.0360 e. The van der Waals surface area contributed by atoms with Crippen LogP contribution in [-0.4, -0.2) is 0 Å². The molecule has 0 heterocycles. The van der Waals surface area contributed by atoms with Crippen molar-refractivity contribution in [1.82, 2.24) is 0 Å². The summed E-state index contributed by atoms with van der Waals surface area (Å²) in [5.41, 5.74) is 0. The highest BCUT2D eigenvalue weighted by atomic mass is 14.5. The first-order valence-electron chi connectivity index (χ1n) is 3.92. The minimum Gasteiger partial charge on any atom is -0.0651 e. The summed E-state index contributed by atoms with van der Waals surface area (Å²) >= 11 is 0. The lowest BCUT2D eigenvalue weighted by molar-refractivity contribution is 0.152. The largest absolute Gasteiger partial charge is 0.0651 e. The second-order valence-electron chi connectivity index (χ2n) is 3.41. The van der Waals surface area contributed by atoms with Crippen LogP contribution in [0.1, 0.15) is 32.6 Å². The zero-order valence-electron chi connectivity index (χ0n) is 5.56. The van der Waals surface area contributed by atoms with Crippen molar-refractivity contribution in [2.45, 2.75) is 32.6 Å². The standard InChI is InChI=1S/C8H14/c1-2-8-6-3-4-7(8)5-6/h6-8H,2-5H2,1H3. The predicted octanol–water partition coefficient (Wildman–Crippen LogP) is 2.44. The monoisotopic (exact) mass is 110 g/mol. The third-order valence-electron chi connectivity index (χ3n) is 3.20. The van der Waals surface area contributed by atoms with E-state index in [9.17, 15) is 0 Å². The van der Waals surface area contributed by atoms with Crippen LogP contribution in [0, 0.1) is 17.8 Å². The molecule has 3 fully saturated rings. The number of hydrogen-bond acceptors (Lipinski definition) is 0. The van der Waals surface area contributed by atoms with E-state index in [0.717, 1.165) is 5.92 Å². The van der Waals surface area contributed by atoms with Crippen molar-refractivity contribution < 1.29 is 0 Å². The van der Waals surface area contributed by atoms with E-state index in [4.69, 9.17) is 0 Å². The van der Waals surface area contributed by atoms with Crippen molar-refractivity contribution in [3.63, 3.8) is 0 Å². The minimum absolute atomic E-state index is 1.16. The van der Waals surface area contributed by atoms with Crippen molar-refractivity contribution >= 4 is 0 Å². The molecule has 0 radical (unpaired) electrons. The van der Waals surface area contributed by atoms with E-state index in [1.165, 1.54) is 18.3 Å². The zero-order chi connectivity index (χ0) is 5.56. The van der Waals surface area contributed by atoms with Crippen LogP contribution < -0.4 is 0 Å². The van der Waals surface area contributed by atoms with E-state index in [0.29, 0.717) is 0 Å². The van der Waals surface area contributed by atoms with Gasteiger partial charge in [0, 0.05) is 0 Å². The maximum atomic E-state index is 2.34. The highest BCUT2D eigenvalue weighted by Crippen LogP contribution is 2.54. The summed E-state index contributed by atoms with van der Waals surface area (Å²) in [5.74, 6) is 3.50. The van der Waals surface area contributed by atoms with Crippen molar-refractivity contribution in [3.05, 3.63) is 0 Å². The van der Waals surface area contributed by atoms with Gasteiger partial charge in [0.05, 0.1) is 0 Å². The van der Waals surface area contributed by atoms with Gasteiger partial charge >= 0.3 is 0 Å². The van der Waals surface area contributed by atoms with Crippen LogP contribution in [0.4, 0.5) is 0 Å². The molecule has 0 aromatic rings. The van der Waals surface area contributed by atoms with Gasteiger partial charge in [-0.3, -0.25) is 0 Å². The fourth-order valence-electron chi connectivity index (χ4n) is 2.69. The lowest BCUT2D eigenvalue weighted by Crippen LogP contribution is -2.26. The Morgan fingerprint density at radius 2 is 1.88 bits per heavy atom. The second kappa shape index (κ2) is 1.49. The maximum absolute atomic E-state index is 2.34. The molecular formula is C8H14. The molecule has 0 aromatic heterocycles. The molecule has 8 heavy (non-hydrogen) atoms. The summed E-state index contributed by atoms with van der Waals surface area (Å²) in [4.78, 5) is 0. The van der Waals surface area contributed by atoms with Crippen LogP contribution in [0.2, 0.25) is 0 Å². The molecule has 0 N–H and O–H groups in total. The van der Waals surface area contributed by atoms with Crippen LogP contribution >= 0.6 is 0 Å². The van der Waals surface area contributed by atoms with Gasteiger partial charge in [-0.2, -0.15) is 0 Å². The Morgan fingerprint density at radius 1 is 1.25 bits per heavy atom. The summed E-state index contributed by atoms with van der Waals surface area (Å²) < 4.78 is 0. The Balaban J connectivity index is 2.02. The topological polar surface area (TPSA) is 0 Å². The molecule has 0 amide bonds. The summed E-state index contributed by atoms with van der Waals surface area (Å²) in [5, 5.41) is 0. The van der Waals surface area contributed by atoms with Crippen molar-refractivity contribution in [2.24, 2.45) is 17.8 Å². The van der Waals surface area contributed by atoms with E-state index >= 15 is 0 Å². The first kappa shape index (κ1) is 4.84. The van der Waals surface area contributed by atoms with Gasteiger partial charge in [-0.1, -0.05) is 13.3 Å². The van der Waals surface area contributed by atoms with Crippen LogP contribution in [-0.2, 0) is 0 Å². The smallest absolute Gasteiger partial charge is 0.0360 e.